The fourth-order valence-corrected chi connectivity index (χ4v) is 2.88. The molecule has 1 N–H and O–H groups in total. The average molecular weight is 378 g/mol. The SMILES string of the molecule is Cc1cc(Cl)ccc1NC(=O)CSc1nnc(-c2ccccc2F)o1. The highest BCUT2D eigenvalue weighted by Crippen LogP contribution is 2.25. The number of halogens is 2. The van der Waals surface area contributed by atoms with Crippen LogP contribution in [0.5, 0.6) is 0 Å². The van der Waals surface area contributed by atoms with Crippen molar-refractivity contribution >= 4 is 35.0 Å². The van der Waals surface area contributed by atoms with E-state index in [1.54, 1.807) is 36.4 Å². The molecule has 0 bridgehead atoms. The molecule has 1 amide bonds. The van der Waals surface area contributed by atoms with Gasteiger partial charge in [0.15, 0.2) is 0 Å². The first-order valence-electron chi connectivity index (χ1n) is 7.30. The van der Waals surface area contributed by atoms with Crippen LogP contribution in [0.3, 0.4) is 0 Å². The number of aryl methyl sites for hydroxylation is 1. The van der Waals surface area contributed by atoms with Crippen LogP contribution in [0, 0.1) is 12.7 Å². The Morgan fingerprint density at radius 2 is 2.08 bits per heavy atom. The molecule has 1 aromatic heterocycles. The van der Waals surface area contributed by atoms with Crippen LogP contribution in [0.1, 0.15) is 5.56 Å². The van der Waals surface area contributed by atoms with Gasteiger partial charge in [0.05, 0.1) is 11.3 Å². The lowest BCUT2D eigenvalue weighted by molar-refractivity contribution is -0.113. The number of benzene rings is 2. The summed E-state index contributed by atoms with van der Waals surface area (Å²) in [4.78, 5) is 12.0. The third-order valence-corrected chi connectivity index (χ3v) is 4.35. The molecule has 0 aliphatic heterocycles. The van der Waals surface area contributed by atoms with Crippen LogP contribution in [0.15, 0.2) is 52.1 Å². The van der Waals surface area contributed by atoms with Crippen molar-refractivity contribution in [3.63, 3.8) is 0 Å². The molecule has 0 fully saturated rings. The molecule has 0 saturated carbocycles. The zero-order valence-electron chi connectivity index (χ0n) is 13.1. The molecule has 8 heteroatoms. The van der Waals surface area contributed by atoms with Gasteiger partial charge < -0.3 is 9.73 Å². The third kappa shape index (κ3) is 4.37. The summed E-state index contributed by atoms with van der Waals surface area (Å²) in [5.41, 5.74) is 1.78. The Hall–Kier alpha value is -2.38. The van der Waals surface area contributed by atoms with E-state index in [2.05, 4.69) is 15.5 Å². The second-order valence-electron chi connectivity index (χ2n) is 5.15. The van der Waals surface area contributed by atoms with Crippen molar-refractivity contribution in [1.29, 1.82) is 0 Å². The van der Waals surface area contributed by atoms with E-state index in [-0.39, 0.29) is 28.3 Å². The number of thioether (sulfide) groups is 1. The lowest BCUT2D eigenvalue weighted by Gasteiger charge is -2.07. The van der Waals surface area contributed by atoms with Crippen molar-refractivity contribution < 1.29 is 13.6 Å². The van der Waals surface area contributed by atoms with Crippen molar-refractivity contribution in [1.82, 2.24) is 10.2 Å². The third-order valence-electron chi connectivity index (χ3n) is 3.30. The number of nitrogens with one attached hydrogen (secondary N) is 1. The van der Waals surface area contributed by atoms with E-state index in [9.17, 15) is 9.18 Å². The van der Waals surface area contributed by atoms with Crippen LogP contribution in [0.4, 0.5) is 10.1 Å². The first kappa shape index (κ1) is 17.4. The smallest absolute Gasteiger partial charge is 0.277 e. The highest BCUT2D eigenvalue weighted by atomic mass is 35.5. The van der Waals surface area contributed by atoms with E-state index in [1.165, 1.54) is 6.07 Å². The summed E-state index contributed by atoms with van der Waals surface area (Å²) < 4.78 is 19.1. The van der Waals surface area contributed by atoms with Crippen LogP contribution < -0.4 is 5.32 Å². The molecule has 5 nitrogen and oxygen atoms in total. The average Bonchev–Trinajstić information content (AvgIpc) is 3.05. The first-order chi connectivity index (χ1) is 12.0. The minimum atomic E-state index is -0.446. The molecule has 0 spiro atoms. The number of amides is 1. The van der Waals surface area contributed by atoms with Crippen molar-refractivity contribution in [2.45, 2.75) is 12.1 Å². The molecule has 0 saturated heterocycles. The largest absolute Gasteiger partial charge is 0.411 e. The molecule has 25 heavy (non-hydrogen) atoms. The van der Waals surface area contributed by atoms with E-state index in [1.807, 2.05) is 6.92 Å². The minimum Gasteiger partial charge on any atom is -0.411 e. The van der Waals surface area contributed by atoms with Crippen LogP contribution in [0.25, 0.3) is 11.5 Å². The van der Waals surface area contributed by atoms with E-state index >= 15 is 0 Å². The number of anilines is 1. The van der Waals surface area contributed by atoms with Gasteiger partial charge in [-0.1, -0.05) is 35.5 Å². The topological polar surface area (TPSA) is 68.0 Å². The first-order valence-corrected chi connectivity index (χ1v) is 8.66. The van der Waals surface area contributed by atoms with E-state index in [4.69, 9.17) is 16.0 Å². The van der Waals surface area contributed by atoms with Gasteiger partial charge in [-0.2, -0.15) is 0 Å². The Morgan fingerprint density at radius 3 is 2.84 bits per heavy atom. The summed E-state index contributed by atoms with van der Waals surface area (Å²) in [6.07, 6.45) is 0. The van der Waals surface area contributed by atoms with Gasteiger partial charge in [-0.05, 0) is 42.8 Å². The molecule has 0 radical (unpaired) electrons. The quantitative estimate of drug-likeness (QED) is 0.660. The Balaban J connectivity index is 1.60. The number of hydrogen-bond acceptors (Lipinski definition) is 5. The minimum absolute atomic E-state index is 0.0783. The molecule has 3 rings (SSSR count). The maximum absolute atomic E-state index is 13.7. The van der Waals surface area contributed by atoms with Crippen molar-refractivity contribution in [3.8, 4) is 11.5 Å². The second kappa shape index (κ2) is 7.67. The summed E-state index contributed by atoms with van der Waals surface area (Å²) in [7, 11) is 0. The molecule has 0 aliphatic rings. The van der Waals surface area contributed by atoms with Crippen LogP contribution in [-0.4, -0.2) is 21.9 Å². The highest BCUT2D eigenvalue weighted by Gasteiger charge is 2.14. The number of aromatic nitrogens is 2. The fraction of sp³-hybridized carbons (Fsp3) is 0.118. The molecule has 0 unspecified atom stereocenters. The van der Waals surface area contributed by atoms with Crippen molar-refractivity contribution in [2.24, 2.45) is 0 Å². The summed E-state index contributed by atoms with van der Waals surface area (Å²) in [6.45, 7) is 1.85. The standard InChI is InChI=1S/C17H13ClFN3O2S/c1-10-8-11(18)6-7-14(10)20-15(23)9-25-17-22-21-16(24-17)12-4-2-3-5-13(12)19/h2-8H,9H2,1H3,(H,20,23). The monoisotopic (exact) mass is 377 g/mol. The second-order valence-corrected chi connectivity index (χ2v) is 6.51. The summed E-state index contributed by atoms with van der Waals surface area (Å²) in [5.74, 6) is -0.504. The Kier molecular flexibility index (Phi) is 5.35. The van der Waals surface area contributed by atoms with Crippen molar-refractivity contribution in [3.05, 3.63) is 58.9 Å². The molecule has 0 aliphatic carbocycles. The number of carbonyl (C=O) groups excluding carboxylic acids is 1. The lowest BCUT2D eigenvalue weighted by Crippen LogP contribution is -2.14. The zero-order valence-corrected chi connectivity index (χ0v) is 14.7. The van der Waals surface area contributed by atoms with Gasteiger partial charge in [0.25, 0.3) is 11.1 Å². The maximum Gasteiger partial charge on any atom is 0.277 e. The number of hydrogen-bond donors (Lipinski definition) is 1. The summed E-state index contributed by atoms with van der Waals surface area (Å²) >= 11 is 6.96. The van der Waals surface area contributed by atoms with Crippen LogP contribution >= 0.6 is 23.4 Å². The fourth-order valence-electron chi connectivity index (χ4n) is 2.09. The Morgan fingerprint density at radius 1 is 1.28 bits per heavy atom. The Bertz CT molecular complexity index is 916. The van der Waals surface area contributed by atoms with Gasteiger partial charge in [0, 0.05) is 10.7 Å². The van der Waals surface area contributed by atoms with E-state index in [0.717, 1.165) is 17.3 Å². The van der Waals surface area contributed by atoms with Gasteiger partial charge in [0.1, 0.15) is 5.82 Å². The van der Waals surface area contributed by atoms with Gasteiger partial charge in [-0.25, -0.2) is 4.39 Å². The summed E-state index contributed by atoms with van der Waals surface area (Å²) in [6, 6.07) is 11.3. The lowest BCUT2D eigenvalue weighted by atomic mass is 10.2. The van der Waals surface area contributed by atoms with E-state index < -0.39 is 5.82 Å². The number of nitrogens with zero attached hydrogens (tertiary/aromatic N) is 2. The summed E-state index contributed by atoms with van der Waals surface area (Å²) in [5, 5.41) is 11.2. The van der Waals surface area contributed by atoms with Gasteiger partial charge in [0.2, 0.25) is 5.91 Å². The van der Waals surface area contributed by atoms with Gasteiger partial charge in [-0.15, -0.1) is 10.2 Å². The molecular weight excluding hydrogens is 365 g/mol. The maximum atomic E-state index is 13.7. The Labute approximate surface area is 152 Å². The van der Waals surface area contributed by atoms with Crippen LogP contribution in [-0.2, 0) is 4.79 Å². The van der Waals surface area contributed by atoms with Crippen molar-refractivity contribution in [2.75, 3.05) is 11.1 Å². The predicted octanol–water partition coefficient (Wildman–Crippen LogP) is 4.57. The molecular formula is C17H13ClFN3O2S. The molecule has 1 heterocycles. The highest BCUT2D eigenvalue weighted by molar-refractivity contribution is 7.99. The molecule has 128 valence electrons. The van der Waals surface area contributed by atoms with Gasteiger partial charge in [-0.3, -0.25) is 4.79 Å². The van der Waals surface area contributed by atoms with Gasteiger partial charge >= 0.3 is 0 Å². The van der Waals surface area contributed by atoms with E-state index in [0.29, 0.717) is 10.7 Å². The molecule has 3 aromatic rings. The number of carbonyl (C=O) groups is 1. The molecule has 2 aromatic carbocycles. The van der Waals surface area contributed by atoms with Crippen LogP contribution in [0.2, 0.25) is 5.02 Å². The predicted molar refractivity (Wildman–Crippen MR) is 95.2 cm³/mol. The number of rotatable bonds is 5. The molecule has 0 atom stereocenters. The zero-order chi connectivity index (χ0) is 17.8. The normalized spacial score (nSPS) is 10.7.